The van der Waals surface area contributed by atoms with E-state index in [9.17, 15) is 4.79 Å². The van der Waals surface area contributed by atoms with Crippen molar-refractivity contribution in [2.45, 2.75) is 22.6 Å². The summed E-state index contributed by atoms with van der Waals surface area (Å²) in [6, 6.07) is 39.2. The molecule has 0 aromatic heterocycles. The van der Waals surface area contributed by atoms with E-state index in [0.29, 0.717) is 0 Å². The maximum Gasteiger partial charge on any atom is 0.237 e. The molecule has 0 unspecified atom stereocenters. The molecule has 0 saturated carbocycles. The molecule has 0 spiro atoms. The Labute approximate surface area is 187 Å². The number of anilines is 1. The van der Waals surface area contributed by atoms with Crippen LogP contribution in [0.15, 0.2) is 120 Å². The highest BCUT2D eigenvalue weighted by molar-refractivity contribution is 7.98. The first kappa shape index (κ1) is 19.7. The van der Waals surface area contributed by atoms with Crippen molar-refractivity contribution in [3.63, 3.8) is 0 Å². The third-order valence-corrected chi connectivity index (χ3v) is 6.86. The predicted molar refractivity (Wildman–Crippen MR) is 128 cm³/mol. The molecule has 152 valence electrons. The van der Waals surface area contributed by atoms with Crippen LogP contribution in [0.1, 0.15) is 28.7 Å². The van der Waals surface area contributed by atoms with Crippen molar-refractivity contribution < 1.29 is 4.79 Å². The standard InChI is InChI=1S/C28H23NOS/c30-28-26(25-19-11-10-14-22(25)20-31-24-17-8-3-9-18-24)27(21-12-4-1-5-13-21)29(28)23-15-6-2-7-16-23/h1-19,26-27H,20H2/t26-,27-/m0/s1. The van der Waals surface area contributed by atoms with Gasteiger partial charge in [0.2, 0.25) is 5.91 Å². The molecule has 0 radical (unpaired) electrons. The van der Waals surface area contributed by atoms with Crippen LogP contribution in [0.4, 0.5) is 5.69 Å². The lowest BCUT2D eigenvalue weighted by Crippen LogP contribution is -2.53. The minimum atomic E-state index is -0.171. The van der Waals surface area contributed by atoms with Gasteiger partial charge < -0.3 is 4.90 Å². The van der Waals surface area contributed by atoms with Crippen LogP contribution in [0.3, 0.4) is 0 Å². The van der Waals surface area contributed by atoms with Crippen molar-refractivity contribution in [2.75, 3.05) is 4.90 Å². The lowest BCUT2D eigenvalue weighted by molar-refractivity contribution is -0.126. The molecule has 0 N–H and O–H groups in total. The number of carbonyl (C=O) groups excluding carboxylic acids is 1. The first-order chi connectivity index (χ1) is 15.3. The van der Waals surface area contributed by atoms with Crippen LogP contribution in [-0.2, 0) is 10.5 Å². The summed E-state index contributed by atoms with van der Waals surface area (Å²) >= 11 is 1.81. The highest BCUT2D eigenvalue weighted by Crippen LogP contribution is 2.50. The Morgan fingerprint density at radius 3 is 1.97 bits per heavy atom. The molecule has 0 aliphatic carbocycles. The number of β-lactam (4-membered cyclic amide) rings is 1. The van der Waals surface area contributed by atoms with E-state index in [1.807, 2.05) is 65.2 Å². The molecule has 1 saturated heterocycles. The zero-order chi connectivity index (χ0) is 21.0. The molecule has 3 heteroatoms. The molecule has 0 bridgehead atoms. The monoisotopic (exact) mass is 421 g/mol. The van der Waals surface area contributed by atoms with Crippen LogP contribution < -0.4 is 4.90 Å². The second kappa shape index (κ2) is 8.83. The SMILES string of the molecule is O=C1[C@@H](c2ccccc2CSc2ccccc2)[C@H](c2ccccc2)N1c1ccccc1. The van der Waals surface area contributed by atoms with E-state index in [1.165, 1.54) is 16.0 Å². The first-order valence-electron chi connectivity index (χ1n) is 10.5. The second-order valence-electron chi connectivity index (χ2n) is 7.68. The Morgan fingerprint density at radius 2 is 1.26 bits per heavy atom. The van der Waals surface area contributed by atoms with E-state index in [-0.39, 0.29) is 17.9 Å². The summed E-state index contributed by atoms with van der Waals surface area (Å²) in [4.78, 5) is 16.7. The Morgan fingerprint density at radius 1 is 0.677 bits per heavy atom. The largest absolute Gasteiger partial charge is 0.303 e. The number of hydrogen-bond acceptors (Lipinski definition) is 2. The minimum absolute atomic E-state index is 0.000949. The molecule has 4 aromatic carbocycles. The summed E-state index contributed by atoms with van der Waals surface area (Å²) in [5.74, 6) is 0.837. The zero-order valence-corrected chi connectivity index (χ0v) is 17.9. The van der Waals surface area contributed by atoms with Crippen LogP contribution in [-0.4, -0.2) is 5.91 Å². The maximum absolute atomic E-state index is 13.5. The number of amides is 1. The summed E-state index contributed by atoms with van der Waals surface area (Å²) in [7, 11) is 0. The van der Waals surface area contributed by atoms with Gasteiger partial charge in [0.25, 0.3) is 0 Å². The lowest BCUT2D eigenvalue weighted by Gasteiger charge is -2.48. The van der Waals surface area contributed by atoms with Crippen molar-refractivity contribution in [1.82, 2.24) is 0 Å². The normalized spacial score (nSPS) is 17.9. The number of carbonyl (C=O) groups is 1. The summed E-state index contributed by atoms with van der Waals surface area (Å²) in [6.45, 7) is 0. The molecule has 1 amide bonds. The van der Waals surface area contributed by atoms with Crippen molar-refractivity contribution in [1.29, 1.82) is 0 Å². The highest BCUT2D eigenvalue weighted by atomic mass is 32.2. The van der Waals surface area contributed by atoms with Gasteiger partial charge in [-0.05, 0) is 41.0 Å². The topological polar surface area (TPSA) is 20.3 Å². The molecular weight excluding hydrogens is 398 g/mol. The Kier molecular flexibility index (Phi) is 5.59. The van der Waals surface area contributed by atoms with E-state index < -0.39 is 0 Å². The Balaban J connectivity index is 1.50. The predicted octanol–water partition coefficient (Wildman–Crippen LogP) is 6.85. The van der Waals surface area contributed by atoms with Gasteiger partial charge >= 0.3 is 0 Å². The molecule has 5 rings (SSSR count). The first-order valence-corrected chi connectivity index (χ1v) is 11.5. The third kappa shape index (κ3) is 3.89. The minimum Gasteiger partial charge on any atom is -0.303 e. The van der Waals surface area contributed by atoms with Gasteiger partial charge in [-0.25, -0.2) is 0 Å². The Bertz CT molecular complexity index is 1160. The van der Waals surface area contributed by atoms with Gasteiger partial charge in [-0.15, -0.1) is 11.8 Å². The van der Waals surface area contributed by atoms with E-state index >= 15 is 0 Å². The van der Waals surface area contributed by atoms with Gasteiger partial charge in [0.15, 0.2) is 0 Å². The number of benzene rings is 4. The zero-order valence-electron chi connectivity index (χ0n) is 17.1. The van der Waals surface area contributed by atoms with E-state index in [2.05, 4.69) is 66.7 Å². The van der Waals surface area contributed by atoms with Crippen LogP contribution in [0, 0.1) is 0 Å². The molecule has 1 aliphatic rings. The molecule has 1 fully saturated rings. The smallest absolute Gasteiger partial charge is 0.237 e. The molecule has 2 nitrogen and oxygen atoms in total. The van der Waals surface area contributed by atoms with Gasteiger partial charge in [0.1, 0.15) is 0 Å². The van der Waals surface area contributed by atoms with Crippen molar-refractivity contribution >= 4 is 23.4 Å². The van der Waals surface area contributed by atoms with Crippen molar-refractivity contribution in [3.05, 3.63) is 132 Å². The van der Waals surface area contributed by atoms with Gasteiger partial charge in [0.05, 0.1) is 12.0 Å². The van der Waals surface area contributed by atoms with Gasteiger partial charge in [0, 0.05) is 16.3 Å². The molecule has 1 aliphatic heterocycles. The third-order valence-electron chi connectivity index (χ3n) is 5.80. The maximum atomic E-state index is 13.5. The van der Waals surface area contributed by atoms with Crippen LogP contribution in [0.25, 0.3) is 0 Å². The molecular formula is C28H23NOS. The lowest BCUT2D eigenvalue weighted by atomic mass is 9.76. The molecule has 31 heavy (non-hydrogen) atoms. The van der Waals surface area contributed by atoms with Crippen molar-refractivity contribution in [3.8, 4) is 0 Å². The fourth-order valence-electron chi connectivity index (χ4n) is 4.31. The van der Waals surface area contributed by atoms with Crippen LogP contribution in [0.2, 0.25) is 0 Å². The van der Waals surface area contributed by atoms with Crippen LogP contribution in [0.5, 0.6) is 0 Å². The number of thioether (sulfide) groups is 1. The van der Waals surface area contributed by atoms with Gasteiger partial charge in [-0.1, -0.05) is 91.0 Å². The fourth-order valence-corrected chi connectivity index (χ4v) is 5.24. The van der Waals surface area contributed by atoms with E-state index in [1.54, 1.807) is 0 Å². The van der Waals surface area contributed by atoms with Gasteiger partial charge in [-0.2, -0.15) is 0 Å². The average molecular weight is 422 g/mol. The second-order valence-corrected chi connectivity index (χ2v) is 8.73. The Hall–Kier alpha value is -3.30. The summed E-state index contributed by atoms with van der Waals surface area (Å²) < 4.78 is 0. The number of nitrogens with zero attached hydrogens (tertiary/aromatic N) is 1. The van der Waals surface area contributed by atoms with E-state index in [4.69, 9.17) is 0 Å². The quantitative estimate of drug-likeness (QED) is 0.251. The highest BCUT2D eigenvalue weighted by Gasteiger charge is 2.50. The average Bonchev–Trinajstić information content (AvgIpc) is 2.84. The molecule has 2 atom stereocenters. The molecule has 4 aromatic rings. The summed E-state index contributed by atoms with van der Waals surface area (Å²) in [6.07, 6.45) is 0. The summed E-state index contributed by atoms with van der Waals surface area (Å²) in [5, 5.41) is 0. The van der Waals surface area contributed by atoms with Crippen LogP contribution >= 0.6 is 11.8 Å². The number of hydrogen-bond donors (Lipinski definition) is 0. The number of rotatable bonds is 6. The number of para-hydroxylation sites is 1. The summed E-state index contributed by atoms with van der Waals surface area (Å²) in [5.41, 5.74) is 4.48. The fraction of sp³-hybridized carbons (Fsp3) is 0.107. The van der Waals surface area contributed by atoms with Crippen molar-refractivity contribution in [2.24, 2.45) is 0 Å². The van der Waals surface area contributed by atoms with E-state index in [0.717, 1.165) is 17.0 Å². The van der Waals surface area contributed by atoms with Gasteiger partial charge in [-0.3, -0.25) is 4.79 Å². The molecule has 1 heterocycles.